The molecule has 2 rings (SSSR count). The van der Waals surface area contributed by atoms with Crippen molar-refractivity contribution in [1.29, 1.82) is 0 Å². The molecule has 0 saturated carbocycles. The first kappa shape index (κ1) is 14.9. The summed E-state index contributed by atoms with van der Waals surface area (Å²) in [4.78, 5) is 14.0. The standard InChI is InChI=1S/C16H23NO3/c1-2-19-16(18)20-15(14-9-5-3-6-10-14)13-17-11-7-4-8-12-17/h3,5-6,9-10,15H,2,4,7-8,11-13H2,1H3. The maximum Gasteiger partial charge on any atom is 0.508 e. The topological polar surface area (TPSA) is 38.8 Å². The Hall–Kier alpha value is -1.55. The number of carbonyl (C=O) groups excluding carboxylic acids is 1. The summed E-state index contributed by atoms with van der Waals surface area (Å²) in [6.07, 6.45) is 2.90. The van der Waals surface area contributed by atoms with Crippen molar-refractivity contribution in [2.75, 3.05) is 26.2 Å². The average molecular weight is 277 g/mol. The van der Waals surface area contributed by atoms with Gasteiger partial charge in [-0.2, -0.15) is 0 Å². The molecule has 0 aromatic heterocycles. The Morgan fingerprint density at radius 2 is 1.90 bits per heavy atom. The van der Waals surface area contributed by atoms with Crippen molar-refractivity contribution in [2.24, 2.45) is 0 Å². The smallest absolute Gasteiger partial charge is 0.435 e. The minimum atomic E-state index is -0.585. The Labute approximate surface area is 120 Å². The average Bonchev–Trinajstić information content (AvgIpc) is 2.49. The number of rotatable bonds is 5. The highest BCUT2D eigenvalue weighted by Gasteiger charge is 2.22. The van der Waals surface area contributed by atoms with Gasteiger partial charge in [-0.25, -0.2) is 4.79 Å². The first-order valence-corrected chi connectivity index (χ1v) is 7.40. The molecule has 1 aromatic carbocycles. The summed E-state index contributed by atoms with van der Waals surface area (Å²) in [5.41, 5.74) is 1.02. The molecule has 0 amide bonds. The zero-order valence-electron chi connectivity index (χ0n) is 12.1. The van der Waals surface area contributed by atoms with Crippen molar-refractivity contribution < 1.29 is 14.3 Å². The second-order valence-corrected chi connectivity index (χ2v) is 5.06. The third kappa shape index (κ3) is 4.53. The van der Waals surface area contributed by atoms with Crippen molar-refractivity contribution in [3.8, 4) is 0 Å². The summed E-state index contributed by atoms with van der Waals surface area (Å²) in [6.45, 7) is 5.02. The molecular weight excluding hydrogens is 254 g/mol. The summed E-state index contributed by atoms with van der Waals surface area (Å²) < 4.78 is 10.4. The number of nitrogens with zero attached hydrogens (tertiary/aromatic N) is 1. The van der Waals surface area contributed by atoms with Gasteiger partial charge < -0.3 is 9.47 Å². The van der Waals surface area contributed by atoms with Crippen LogP contribution in [-0.4, -0.2) is 37.3 Å². The molecule has 20 heavy (non-hydrogen) atoms. The molecule has 1 heterocycles. The molecule has 1 aliphatic heterocycles. The number of benzene rings is 1. The van der Waals surface area contributed by atoms with E-state index in [0.717, 1.165) is 25.2 Å². The summed E-state index contributed by atoms with van der Waals surface area (Å²) >= 11 is 0. The van der Waals surface area contributed by atoms with Crippen LogP contribution in [0.5, 0.6) is 0 Å². The van der Waals surface area contributed by atoms with Crippen molar-refractivity contribution in [1.82, 2.24) is 4.90 Å². The van der Waals surface area contributed by atoms with Crippen LogP contribution in [0.3, 0.4) is 0 Å². The van der Waals surface area contributed by atoms with E-state index in [-0.39, 0.29) is 6.10 Å². The minimum absolute atomic E-state index is 0.256. The van der Waals surface area contributed by atoms with Crippen LogP contribution in [0.15, 0.2) is 30.3 Å². The van der Waals surface area contributed by atoms with Crippen LogP contribution in [0, 0.1) is 0 Å². The summed E-state index contributed by atoms with van der Waals surface area (Å²) in [5.74, 6) is 0. The zero-order chi connectivity index (χ0) is 14.2. The van der Waals surface area contributed by atoms with Crippen LogP contribution in [0.4, 0.5) is 4.79 Å². The lowest BCUT2D eigenvalue weighted by Crippen LogP contribution is -2.35. The van der Waals surface area contributed by atoms with Gasteiger partial charge in [-0.3, -0.25) is 4.90 Å². The van der Waals surface area contributed by atoms with E-state index < -0.39 is 6.16 Å². The van der Waals surface area contributed by atoms with Gasteiger partial charge in [0.1, 0.15) is 6.10 Å². The molecule has 4 heteroatoms. The Bertz CT molecular complexity index is 401. The van der Waals surface area contributed by atoms with Gasteiger partial charge in [0, 0.05) is 6.54 Å². The SMILES string of the molecule is CCOC(=O)OC(CN1CCCCC1)c1ccccc1. The van der Waals surface area contributed by atoms with Crippen molar-refractivity contribution in [2.45, 2.75) is 32.3 Å². The van der Waals surface area contributed by atoms with E-state index in [1.165, 1.54) is 19.3 Å². The molecule has 0 N–H and O–H groups in total. The largest absolute Gasteiger partial charge is 0.508 e. The second kappa shape index (κ2) is 7.90. The fourth-order valence-electron chi connectivity index (χ4n) is 2.52. The van der Waals surface area contributed by atoms with Gasteiger partial charge in [0.25, 0.3) is 0 Å². The Morgan fingerprint density at radius 1 is 1.20 bits per heavy atom. The van der Waals surface area contributed by atoms with Gasteiger partial charge in [-0.05, 0) is 38.4 Å². The highest BCUT2D eigenvalue weighted by atomic mass is 16.7. The van der Waals surface area contributed by atoms with Crippen LogP contribution in [0.2, 0.25) is 0 Å². The molecule has 1 aliphatic rings. The second-order valence-electron chi connectivity index (χ2n) is 5.06. The highest BCUT2D eigenvalue weighted by molar-refractivity contribution is 5.60. The van der Waals surface area contributed by atoms with Gasteiger partial charge in [0.15, 0.2) is 0 Å². The number of hydrogen-bond donors (Lipinski definition) is 0. The van der Waals surface area contributed by atoms with Gasteiger partial charge >= 0.3 is 6.16 Å². The Morgan fingerprint density at radius 3 is 2.55 bits per heavy atom. The monoisotopic (exact) mass is 277 g/mol. The van der Waals surface area contributed by atoms with Crippen LogP contribution in [-0.2, 0) is 9.47 Å². The first-order chi connectivity index (χ1) is 9.79. The molecule has 0 aliphatic carbocycles. The van der Waals surface area contributed by atoms with E-state index >= 15 is 0 Å². The highest BCUT2D eigenvalue weighted by Crippen LogP contribution is 2.21. The van der Waals surface area contributed by atoms with Crippen LogP contribution < -0.4 is 0 Å². The number of hydrogen-bond acceptors (Lipinski definition) is 4. The fraction of sp³-hybridized carbons (Fsp3) is 0.562. The van der Waals surface area contributed by atoms with Gasteiger partial charge in [0.05, 0.1) is 6.61 Å². The number of piperidine rings is 1. The molecule has 0 spiro atoms. The third-order valence-electron chi connectivity index (χ3n) is 3.54. The molecule has 4 nitrogen and oxygen atoms in total. The normalized spacial score (nSPS) is 17.4. The fourth-order valence-corrected chi connectivity index (χ4v) is 2.52. The molecule has 0 radical (unpaired) electrons. The number of likely N-dealkylation sites (tertiary alicyclic amines) is 1. The maximum atomic E-state index is 11.6. The molecule has 110 valence electrons. The Balaban J connectivity index is 2.01. The van der Waals surface area contributed by atoms with E-state index in [1.54, 1.807) is 6.92 Å². The quantitative estimate of drug-likeness (QED) is 0.773. The summed E-state index contributed by atoms with van der Waals surface area (Å²) in [7, 11) is 0. The lowest BCUT2D eigenvalue weighted by atomic mass is 10.1. The van der Waals surface area contributed by atoms with Gasteiger partial charge in [-0.15, -0.1) is 0 Å². The molecule has 1 saturated heterocycles. The number of ether oxygens (including phenoxy) is 2. The van der Waals surface area contributed by atoms with Crippen molar-refractivity contribution in [3.05, 3.63) is 35.9 Å². The summed E-state index contributed by atoms with van der Waals surface area (Å²) in [5, 5.41) is 0. The number of carbonyl (C=O) groups is 1. The van der Waals surface area contributed by atoms with E-state index in [4.69, 9.17) is 9.47 Å². The van der Waals surface area contributed by atoms with E-state index in [1.807, 2.05) is 30.3 Å². The lowest BCUT2D eigenvalue weighted by molar-refractivity contribution is 0.00977. The molecule has 0 bridgehead atoms. The molecule has 1 atom stereocenters. The maximum absolute atomic E-state index is 11.6. The third-order valence-corrected chi connectivity index (χ3v) is 3.54. The zero-order valence-corrected chi connectivity index (χ0v) is 12.1. The van der Waals surface area contributed by atoms with Gasteiger partial charge in [0.2, 0.25) is 0 Å². The first-order valence-electron chi connectivity index (χ1n) is 7.40. The van der Waals surface area contributed by atoms with E-state index in [9.17, 15) is 4.79 Å². The molecule has 1 fully saturated rings. The van der Waals surface area contributed by atoms with Crippen molar-refractivity contribution in [3.63, 3.8) is 0 Å². The van der Waals surface area contributed by atoms with Crippen LogP contribution >= 0.6 is 0 Å². The van der Waals surface area contributed by atoms with E-state index in [0.29, 0.717) is 6.61 Å². The summed E-state index contributed by atoms with van der Waals surface area (Å²) in [6, 6.07) is 9.88. The minimum Gasteiger partial charge on any atom is -0.435 e. The predicted molar refractivity (Wildman–Crippen MR) is 77.6 cm³/mol. The lowest BCUT2D eigenvalue weighted by Gasteiger charge is -2.30. The van der Waals surface area contributed by atoms with Crippen molar-refractivity contribution >= 4 is 6.16 Å². The van der Waals surface area contributed by atoms with Gasteiger partial charge in [-0.1, -0.05) is 36.8 Å². The molecule has 1 aromatic rings. The molecular formula is C16H23NO3. The van der Waals surface area contributed by atoms with Crippen LogP contribution in [0.1, 0.15) is 37.9 Å². The molecule has 1 unspecified atom stereocenters. The van der Waals surface area contributed by atoms with E-state index in [2.05, 4.69) is 4.90 Å². The Kier molecular flexibility index (Phi) is 5.87. The van der Waals surface area contributed by atoms with Crippen LogP contribution in [0.25, 0.3) is 0 Å². The predicted octanol–water partition coefficient (Wildman–Crippen LogP) is 3.39.